The third-order valence-electron chi connectivity index (χ3n) is 4.95. The van der Waals surface area contributed by atoms with Crippen LogP contribution < -0.4 is 10.6 Å². The zero-order chi connectivity index (χ0) is 20.9. The van der Waals surface area contributed by atoms with Crippen LogP contribution in [0.1, 0.15) is 20.7 Å². The Balaban J connectivity index is 1.49. The average Bonchev–Trinajstić information content (AvgIpc) is 2.79. The van der Waals surface area contributed by atoms with Crippen LogP contribution in [0.5, 0.6) is 0 Å². The maximum atomic E-state index is 12.6. The minimum Gasteiger partial charge on any atom is -0.336 e. The SMILES string of the molecule is O=C(Nc1cccc(Cl)c1)c1cncc(-c2ccc(C(=O)N3CCNCC3)cc2)c1. The van der Waals surface area contributed by atoms with Gasteiger partial charge in [0.25, 0.3) is 11.8 Å². The Kier molecular flexibility index (Phi) is 6.07. The Hall–Kier alpha value is -3.22. The van der Waals surface area contributed by atoms with Crippen LogP contribution in [-0.2, 0) is 0 Å². The van der Waals surface area contributed by atoms with Crippen LogP contribution in [0.25, 0.3) is 11.1 Å². The second kappa shape index (κ2) is 9.07. The summed E-state index contributed by atoms with van der Waals surface area (Å²) in [6.45, 7) is 3.07. The fraction of sp³-hybridized carbons (Fsp3) is 0.174. The Bertz CT molecular complexity index is 1060. The van der Waals surface area contributed by atoms with Crippen LogP contribution in [0.2, 0.25) is 5.02 Å². The molecule has 1 aromatic heterocycles. The molecule has 3 aromatic rings. The summed E-state index contributed by atoms with van der Waals surface area (Å²) < 4.78 is 0. The molecule has 0 radical (unpaired) electrons. The van der Waals surface area contributed by atoms with Gasteiger partial charge < -0.3 is 15.5 Å². The average molecular weight is 421 g/mol. The molecule has 0 atom stereocenters. The van der Waals surface area contributed by atoms with E-state index in [9.17, 15) is 9.59 Å². The van der Waals surface area contributed by atoms with E-state index in [1.807, 2.05) is 29.2 Å². The summed E-state index contributed by atoms with van der Waals surface area (Å²) in [5.74, 6) is -0.229. The molecule has 1 fully saturated rings. The van der Waals surface area contributed by atoms with E-state index < -0.39 is 0 Å². The molecule has 152 valence electrons. The Labute approximate surface area is 179 Å². The predicted molar refractivity (Wildman–Crippen MR) is 118 cm³/mol. The number of carbonyl (C=O) groups is 2. The Morgan fingerprint density at radius 3 is 2.43 bits per heavy atom. The van der Waals surface area contributed by atoms with E-state index in [2.05, 4.69) is 15.6 Å². The third-order valence-corrected chi connectivity index (χ3v) is 5.19. The topological polar surface area (TPSA) is 74.3 Å². The minimum atomic E-state index is -0.267. The lowest BCUT2D eigenvalue weighted by Gasteiger charge is -2.27. The number of benzene rings is 2. The molecule has 6 nitrogen and oxygen atoms in total. The maximum absolute atomic E-state index is 12.6. The number of carbonyl (C=O) groups excluding carboxylic acids is 2. The first-order chi connectivity index (χ1) is 14.6. The molecule has 30 heavy (non-hydrogen) atoms. The molecule has 1 aliphatic rings. The Morgan fingerprint density at radius 2 is 1.70 bits per heavy atom. The first-order valence-corrected chi connectivity index (χ1v) is 10.1. The maximum Gasteiger partial charge on any atom is 0.257 e. The van der Waals surface area contributed by atoms with Crippen LogP contribution >= 0.6 is 11.6 Å². The van der Waals surface area contributed by atoms with E-state index in [1.54, 1.807) is 36.5 Å². The zero-order valence-electron chi connectivity index (χ0n) is 16.3. The van der Waals surface area contributed by atoms with Crippen molar-refractivity contribution in [2.24, 2.45) is 0 Å². The van der Waals surface area contributed by atoms with Crippen LogP contribution in [0.4, 0.5) is 5.69 Å². The van der Waals surface area contributed by atoms with Crippen molar-refractivity contribution in [2.75, 3.05) is 31.5 Å². The van der Waals surface area contributed by atoms with Gasteiger partial charge in [-0.15, -0.1) is 0 Å². The van der Waals surface area contributed by atoms with Gasteiger partial charge in [-0.1, -0.05) is 29.8 Å². The van der Waals surface area contributed by atoms with Gasteiger partial charge in [0.05, 0.1) is 5.56 Å². The fourth-order valence-corrected chi connectivity index (χ4v) is 3.54. The number of rotatable bonds is 4. The van der Waals surface area contributed by atoms with Crippen LogP contribution in [-0.4, -0.2) is 47.9 Å². The van der Waals surface area contributed by atoms with Gasteiger partial charge in [0.2, 0.25) is 0 Å². The van der Waals surface area contributed by atoms with Gasteiger partial charge in [0.1, 0.15) is 0 Å². The van der Waals surface area contributed by atoms with Crippen molar-refractivity contribution in [1.82, 2.24) is 15.2 Å². The van der Waals surface area contributed by atoms with Crippen LogP contribution in [0, 0.1) is 0 Å². The summed E-state index contributed by atoms with van der Waals surface area (Å²) in [7, 11) is 0. The molecule has 2 heterocycles. The number of hydrogen-bond donors (Lipinski definition) is 2. The van der Waals surface area contributed by atoms with Crippen molar-refractivity contribution < 1.29 is 9.59 Å². The number of halogens is 1. The molecule has 2 aromatic carbocycles. The highest BCUT2D eigenvalue weighted by Crippen LogP contribution is 2.22. The molecule has 0 bridgehead atoms. The number of amides is 2. The molecular weight excluding hydrogens is 400 g/mol. The zero-order valence-corrected chi connectivity index (χ0v) is 17.0. The number of nitrogens with one attached hydrogen (secondary N) is 2. The van der Waals surface area contributed by atoms with Gasteiger partial charge in [-0.3, -0.25) is 14.6 Å². The van der Waals surface area contributed by atoms with Gasteiger partial charge >= 0.3 is 0 Å². The highest BCUT2D eigenvalue weighted by Gasteiger charge is 2.18. The summed E-state index contributed by atoms with van der Waals surface area (Å²) in [5.41, 5.74) is 3.40. The van der Waals surface area contributed by atoms with Crippen molar-refractivity contribution in [3.05, 3.63) is 83.1 Å². The molecule has 1 saturated heterocycles. The summed E-state index contributed by atoms with van der Waals surface area (Å²) in [6.07, 6.45) is 3.22. The molecule has 7 heteroatoms. The molecule has 2 amide bonds. The molecule has 0 unspecified atom stereocenters. The molecule has 0 saturated carbocycles. The number of nitrogens with zero attached hydrogens (tertiary/aromatic N) is 2. The lowest BCUT2D eigenvalue weighted by atomic mass is 10.0. The molecular formula is C23H21ClN4O2. The predicted octanol–water partition coefficient (Wildman–Crippen LogP) is 3.70. The smallest absolute Gasteiger partial charge is 0.257 e. The highest BCUT2D eigenvalue weighted by atomic mass is 35.5. The highest BCUT2D eigenvalue weighted by molar-refractivity contribution is 6.31. The summed E-state index contributed by atoms with van der Waals surface area (Å²) in [4.78, 5) is 31.2. The van der Waals surface area contributed by atoms with Gasteiger partial charge in [-0.2, -0.15) is 0 Å². The second-order valence-electron chi connectivity index (χ2n) is 7.05. The van der Waals surface area contributed by atoms with Crippen molar-refractivity contribution in [3.63, 3.8) is 0 Å². The first kappa shape index (κ1) is 20.1. The lowest BCUT2D eigenvalue weighted by Crippen LogP contribution is -2.46. The van der Waals surface area contributed by atoms with E-state index in [4.69, 9.17) is 11.6 Å². The summed E-state index contributed by atoms with van der Waals surface area (Å²) >= 11 is 5.97. The monoisotopic (exact) mass is 420 g/mol. The Morgan fingerprint density at radius 1 is 0.933 bits per heavy atom. The minimum absolute atomic E-state index is 0.0378. The second-order valence-corrected chi connectivity index (χ2v) is 7.48. The molecule has 1 aliphatic heterocycles. The van der Waals surface area contributed by atoms with Crippen LogP contribution in [0.15, 0.2) is 67.0 Å². The third kappa shape index (κ3) is 4.67. The van der Waals surface area contributed by atoms with E-state index in [-0.39, 0.29) is 11.8 Å². The fourth-order valence-electron chi connectivity index (χ4n) is 3.35. The number of piperazine rings is 1. The quantitative estimate of drug-likeness (QED) is 0.675. The van der Waals surface area contributed by atoms with E-state index in [0.29, 0.717) is 34.9 Å². The first-order valence-electron chi connectivity index (χ1n) is 9.72. The summed E-state index contributed by atoms with van der Waals surface area (Å²) in [5, 5.41) is 6.61. The van der Waals surface area contributed by atoms with Crippen molar-refractivity contribution in [1.29, 1.82) is 0 Å². The van der Waals surface area contributed by atoms with E-state index in [0.717, 1.165) is 24.2 Å². The summed E-state index contributed by atoms with van der Waals surface area (Å²) in [6, 6.07) is 16.2. The number of anilines is 1. The molecule has 0 spiro atoms. The number of aromatic nitrogens is 1. The lowest BCUT2D eigenvalue weighted by molar-refractivity contribution is 0.0735. The van der Waals surface area contributed by atoms with Gasteiger partial charge in [0, 0.05) is 60.4 Å². The standard InChI is InChI=1S/C23H21ClN4O2/c24-20-2-1-3-21(13-20)27-22(29)19-12-18(14-26-15-19)16-4-6-17(7-5-16)23(30)28-10-8-25-9-11-28/h1-7,12-15,25H,8-11H2,(H,27,29). The normalized spacial score (nSPS) is 13.7. The molecule has 2 N–H and O–H groups in total. The van der Waals surface area contributed by atoms with Crippen LogP contribution in [0.3, 0.4) is 0 Å². The van der Waals surface area contributed by atoms with Crippen molar-refractivity contribution in [2.45, 2.75) is 0 Å². The van der Waals surface area contributed by atoms with Crippen molar-refractivity contribution in [3.8, 4) is 11.1 Å². The van der Waals surface area contributed by atoms with Gasteiger partial charge in [-0.05, 0) is 42.0 Å². The largest absolute Gasteiger partial charge is 0.336 e. The molecule has 0 aliphatic carbocycles. The number of hydrogen-bond acceptors (Lipinski definition) is 4. The van der Waals surface area contributed by atoms with Gasteiger partial charge in [-0.25, -0.2) is 0 Å². The van der Waals surface area contributed by atoms with E-state index >= 15 is 0 Å². The molecule has 4 rings (SSSR count). The van der Waals surface area contributed by atoms with E-state index in [1.165, 1.54) is 6.20 Å². The van der Waals surface area contributed by atoms with Gasteiger partial charge in [0.15, 0.2) is 0 Å². The number of pyridine rings is 1. The van der Waals surface area contributed by atoms with Crippen molar-refractivity contribution >= 4 is 29.1 Å².